The molecule has 1 saturated carbocycles. The number of rotatable bonds is 4. The van der Waals surface area contributed by atoms with Crippen molar-refractivity contribution in [3.8, 4) is 0 Å². The zero-order valence-electron chi connectivity index (χ0n) is 9.67. The van der Waals surface area contributed by atoms with Crippen molar-refractivity contribution in [1.29, 1.82) is 0 Å². The summed E-state index contributed by atoms with van der Waals surface area (Å²) in [4.78, 5) is 11.9. The van der Waals surface area contributed by atoms with Crippen molar-refractivity contribution in [2.75, 3.05) is 0 Å². The third kappa shape index (κ3) is 2.86. The van der Waals surface area contributed by atoms with Crippen LogP contribution in [0.4, 0.5) is 4.39 Å². The summed E-state index contributed by atoms with van der Waals surface area (Å²) in [5.74, 6) is 0.00909. The van der Waals surface area contributed by atoms with E-state index < -0.39 is 5.82 Å². The Balaban J connectivity index is 1.99. The molecule has 0 radical (unpaired) electrons. The molecule has 1 aromatic rings. The molecule has 1 N–H and O–H groups in total. The molecule has 4 heteroatoms. The molecule has 0 bridgehead atoms. The van der Waals surface area contributed by atoms with Gasteiger partial charge in [-0.25, -0.2) is 4.39 Å². The van der Waals surface area contributed by atoms with Gasteiger partial charge in [-0.3, -0.25) is 4.79 Å². The first-order chi connectivity index (χ1) is 8.13. The first-order valence-electron chi connectivity index (χ1n) is 5.88. The monoisotopic (exact) mass is 299 g/mol. The minimum absolute atomic E-state index is 0.194. The topological polar surface area (TPSA) is 29.1 Å². The standard InChI is InChI=1S/C13H15BrFNO/c1-2-4-8-7-11(8)16-13(17)9-5-3-6-10(15)12(9)14/h3,5-6,8,11H,2,4,7H2,1H3,(H,16,17). The number of benzene rings is 1. The van der Waals surface area contributed by atoms with Crippen molar-refractivity contribution in [2.24, 2.45) is 5.92 Å². The molecule has 2 unspecified atom stereocenters. The lowest BCUT2D eigenvalue weighted by molar-refractivity contribution is 0.0947. The summed E-state index contributed by atoms with van der Waals surface area (Å²) in [6.45, 7) is 2.14. The Morgan fingerprint density at radius 3 is 3.06 bits per heavy atom. The third-order valence-electron chi connectivity index (χ3n) is 3.09. The van der Waals surface area contributed by atoms with Crippen LogP contribution in [-0.2, 0) is 0 Å². The minimum Gasteiger partial charge on any atom is -0.349 e. The van der Waals surface area contributed by atoms with Gasteiger partial charge in [0.05, 0.1) is 10.0 Å². The van der Waals surface area contributed by atoms with Gasteiger partial charge in [-0.05, 0) is 46.8 Å². The summed E-state index contributed by atoms with van der Waals surface area (Å²) in [7, 11) is 0. The first-order valence-corrected chi connectivity index (χ1v) is 6.67. The lowest BCUT2D eigenvalue weighted by Gasteiger charge is -2.06. The summed E-state index contributed by atoms with van der Waals surface area (Å²) >= 11 is 3.10. The fraction of sp³-hybridized carbons (Fsp3) is 0.462. The molecule has 0 saturated heterocycles. The van der Waals surface area contributed by atoms with Crippen LogP contribution in [-0.4, -0.2) is 11.9 Å². The Kier molecular flexibility index (Phi) is 3.82. The fourth-order valence-electron chi connectivity index (χ4n) is 2.04. The number of hydrogen-bond donors (Lipinski definition) is 1. The van der Waals surface area contributed by atoms with E-state index in [2.05, 4.69) is 28.2 Å². The smallest absolute Gasteiger partial charge is 0.252 e. The van der Waals surface area contributed by atoms with Gasteiger partial charge in [-0.1, -0.05) is 19.4 Å². The van der Waals surface area contributed by atoms with Crippen molar-refractivity contribution in [2.45, 2.75) is 32.2 Å². The molecule has 1 amide bonds. The second kappa shape index (κ2) is 5.17. The molecule has 2 rings (SSSR count). The van der Waals surface area contributed by atoms with E-state index in [4.69, 9.17) is 0 Å². The number of nitrogens with one attached hydrogen (secondary N) is 1. The quantitative estimate of drug-likeness (QED) is 0.906. The highest BCUT2D eigenvalue weighted by molar-refractivity contribution is 9.10. The van der Waals surface area contributed by atoms with Gasteiger partial charge in [-0.15, -0.1) is 0 Å². The summed E-state index contributed by atoms with van der Waals surface area (Å²) in [5.41, 5.74) is 0.368. The maximum Gasteiger partial charge on any atom is 0.252 e. The maximum absolute atomic E-state index is 13.3. The molecule has 92 valence electrons. The van der Waals surface area contributed by atoms with Crippen LogP contribution in [0, 0.1) is 11.7 Å². The summed E-state index contributed by atoms with van der Waals surface area (Å²) in [5, 5.41) is 2.94. The number of amides is 1. The molecule has 0 aliphatic heterocycles. The molecule has 0 spiro atoms. The Morgan fingerprint density at radius 2 is 2.35 bits per heavy atom. The van der Waals surface area contributed by atoms with Crippen molar-refractivity contribution < 1.29 is 9.18 Å². The van der Waals surface area contributed by atoms with Gasteiger partial charge in [0.15, 0.2) is 0 Å². The van der Waals surface area contributed by atoms with E-state index in [-0.39, 0.29) is 16.4 Å². The zero-order valence-corrected chi connectivity index (χ0v) is 11.3. The molecule has 1 fully saturated rings. The van der Waals surface area contributed by atoms with Crippen LogP contribution in [0.25, 0.3) is 0 Å². The Morgan fingerprint density at radius 1 is 1.59 bits per heavy atom. The van der Waals surface area contributed by atoms with Crippen molar-refractivity contribution in [1.82, 2.24) is 5.32 Å². The Bertz CT molecular complexity index is 435. The minimum atomic E-state index is -0.404. The van der Waals surface area contributed by atoms with E-state index in [1.54, 1.807) is 12.1 Å². The zero-order chi connectivity index (χ0) is 12.4. The van der Waals surface area contributed by atoms with E-state index in [9.17, 15) is 9.18 Å². The molecule has 1 aliphatic carbocycles. The molecular weight excluding hydrogens is 285 g/mol. The van der Waals surface area contributed by atoms with Crippen LogP contribution in [0.1, 0.15) is 36.5 Å². The molecule has 2 nitrogen and oxygen atoms in total. The second-order valence-electron chi connectivity index (χ2n) is 4.47. The van der Waals surface area contributed by atoms with E-state index in [0.717, 1.165) is 19.3 Å². The molecule has 1 aromatic carbocycles. The number of halogens is 2. The summed E-state index contributed by atoms with van der Waals surface area (Å²) in [6.07, 6.45) is 3.34. The first kappa shape index (κ1) is 12.6. The normalized spacial score (nSPS) is 22.3. The van der Waals surface area contributed by atoms with Gasteiger partial charge in [0, 0.05) is 6.04 Å². The second-order valence-corrected chi connectivity index (χ2v) is 5.26. The highest BCUT2D eigenvalue weighted by atomic mass is 79.9. The predicted molar refractivity (Wildman–Crippen MR) is 68.4 cm³/mol. The van der Waals surface area contributed by atoms with Crippen LogP contribution >= 0.6 is 15.9 Å². The molecule has 0 aromatic heterocycles. The molecule has 1 aliphatic rings. The van der Waals surface area contributed by atoms with Crippen LogP contribution in [0.15, 0.2) is 22.7 Å². The molecule has 17 heavy (non-hydrogen) atoms. The molecular formula is C13H15BrFNO. The largest absolute Gasteiger partial charge is 0.349 e. The van der Waals surface area contributed by atoms with E-state index in [1.165, 1.54) is 6.07 Å². The Labute approximate surface area is 109 Å². The van der Waals surface area contributed by atoms with Gasteiger partial charge < -0.3 is 5.32 Å². The van der Waals surface area contributed by atoms with Crippen molar-refractivity contribution in [3.05, 3.63) is 34.1 Å². The fourth-order valence-corrected chi connectivity index (χ4v) is 2.48. The summed E-state index contributed by atoms with van der Waals surface area (Å²) < 4.78 is 13.5. The maximum atomic E-state index is 13.3. The average Bonchev–Trinajstić information content (AvgIpc) is 3.01. The Hall–Kier alpha value is -0.900. The van der Waals surface area contributed by atoms with Crippen molar-refractivity contribution in [3.63, 3.8) is 0 Å². The van der Waals surface area contributed by atoms with Gasteiger partial charge >= 0.3 is 0 Å². The third-order valence-corrected chi connectivity index (χ3v) is 3.90. The van der Waals surface area contributed by atoms with Gasteiger partial charge in [0.2, 0.25) is 0 Å². The highest BCUT2D eigenvalue weighted by Gasteiger charge is 2.37. The highest BCUT2D eigenvalue weighted by Crippen LogP contribution is 2.35. The summed E-state index contributed by atoms with van der Waals surface area (Å²) in [6, 6.07) is 4.78. The predicted octanol–water partition coefficient (Wildman–Crippen LogP) is 3.51. The average molecular weight is 300 g/mol. The van der Waals surface area contributed by atoms with Crippen LogP contribution < -0.4 is 5.32 Å². The number of carbonyl (C=O) groups is 1. The van der Waals surface area contributed by atoms with Gasteiger partial charge in [0.25, 0.3) is 5.91 Å². The lowest BCUT2D eigenvalue weighted by Crippen LogP contribution is -2.27. The number of carbonyl (C=O) groups excluding carboxylic acids is 1. The van der Waals surface area contributed by atoms with E-state index in [0.29, 0.717) is 11.5 Å². The van der Waals surface area contributed by atoms with E-state index >= 15 is 0 Å². The molecule has 2 atom stereocenters. The van der Waals surface area contributed by atoms with Crippen LogP contribution in [0.3, 0.4) is 0 Å². The number of hydrogen-bond acceptors (Lipinski definition) is 1. The van der Waals surface area contributed by atoms with Crippen LogP contribution in [0.2, 0.25) is 0 Å². The van der Waals surface area contributed by atoms with E-state index in [1.807, 2.05) is 0 Å². The van der Waals surface area contributed by atoms with Gasteiger partial charge in [0.1, 0.15) is 5.82 Å². The van der Waals surface area contributed by atoms with Crippen LogP contribution in [0.5, 0.6) is 0 Å². The molecule has 0 heterocycles. The van der Waals surface area contributed by atoms with Gasteiger partial charge in [-0.2, -0.15) is 0 Å². The SMILES string of the molecule is CCCC1CC1NC(=O)c1cccc(F)c1Br. The lowest BCUT2D eigenvalue weighted by atomic mass is 10.2. The van der Waals surface area contributed by atoms with Crippen molar-refractivity contribution >= 4 is 21.8 Å².